The molecule has 1 heterocycles. The zero-order valence-electron chi connectivity index (χ0n) is 17.7. The second-order valence-electron chi connectivity index (χ2n) is 8.46. The zero-order chi connectivity index (χ0) is 21.6. The molecule has 0 bridgehead atoms. The van der Waals surface area contributed by atoms with Crippen LogP contribution in [0, 0.1) is 17.3 Å². The van der Waals surface area contributed by atoms with Crippen molar-refractivity contribution < 1.29 is 33.7 Å². The van der Waals surface area contributed by atoms with Gasteiger partial charge in [0.15, 0.2) is 0 Å². The lowest BCUT2D eigenvalue weighted by atomic mass is 9.51. The van der Waals surface area contributed by atoms with Crippen molar-refractivity contribution in [3.8, 4) is 0 Å². The largest absolute Gasteiger partial charge is 0.481 e. The zero-order valence-corrected chi connectivity index (χ0v) is 17.7. The molecule has 2 fully saturated rings. The molecule has 0 spiro atoms. The Kier molecular flexibility index (Phi) is 5.64. The minimum absolute atomic E-state index is 0.130. The molecule has 29 heavy (non-hydrogen) atoms. The monoisotopic (exact) mass is 406 g/mol. The van der Waals surface area contributed by atoms with Crippen LogP contribution >= 0.6 is 0 Å². The molecule has 5 unspecified atom stereocenters. The van der Waals surface area contributed by atoms with Crippen molar-refractivity contribution in [1.82, 2.24) is 0 Å². The number of esters is 2. The molecule has 0 radical (unpaired) electrons. The summed E-state index contributed by atoms with van der Waals surface area (Å²) in [7, 11) is 0. The topological polar surface area (TPSA) is 99.1 Å². The van der Waals surface area contributed by atoms with Crippen LogP contribution in [-0.2, 0) is 28.6 Å². The molecular weight excluding hydrogens is 376 g/mol. The summed E-state index contributed by atoms with van der Waals surface area (Å²) in [5.41, 5.74) is 0.361. The fourth-order valence-electron chi connectivity index (χ4n) is 5.35. The number of hydrogen-bond donors (Lipinski definition) is 1. The van der Waals surface area contributed by atoms with Crippen molar-refractivity contribution in [3.05, 3.63) is 22.8 Å². The molecule has 5 atom stereocenters. The van der Waals surface area contributed by atoms with Crippen LogP contribution in [0.5, 0.6) is 0 Å². The molecule has 1 aliphatic heterocycles. The summed E-state index contributed by atoms with van der Waals surface area (Å²) < 4.78 is 17.6. The van der Waals surface area contributed by atoms with Gasteiger partial charge in [-0.3, -0.25) is 4.79 Å². The summed E-state index contributed by atoms with van der Waals surface area (Å²) in [5, 5.41) is 9.98. The SMILES string of the molecule is CC=C(C)C(=O)OC1C2=C(C)C(=O)OC2(OCC)CC2CCCC(C(=O)O)C21C. The quantitative estimate of drug-likeness (QED) is 0.552. The molecular formula is C22H30O7. The molecule has 160 valence electrons. The van der Waals surface area contributed by atoms with E-state index in [2.05, 4.69) is 0 Å². The van der Waals surface area contributed by atoms with Crippen LogP contribution < -0.4 is 0 Å². The van der Waals surface area contributed by atoms with E-state index >= 15 is 0 Å². The van der Waals surface area contributed by atoms with E-state index in [1.807, 2.05) is 13.8 Å². The van der Waals surface area contributed by atoms with E-state index in [1.165, 1.54) is 0 Å². The predicted octanol–water partition coefficient (Wildman–Crippen LogP) is 3.38. The highest BCUT2D eigenvalue weighted by Gasteiger charge is 2.67. The van der Waals surface area contributed by atoms with Crippen LogP contribution in [-0.4, -0.2) is 41.5 Å². The lowest BCUT2D eigenvalue weighted by Crippen LogP contribution is -2.61. The van der Waals surface area contributed by atoms with Crippen molar-refractivity contribution >= 4 is 17.9 Å². The number of carboxylic acid groups (broad SMARTS) is 1. The van der Waals surface area contributed by atoms with Gasteiger partial charge in [-0.05, 0) is 46.5 Å². The highest BCUT2D eigenvalue weighted by atomic mass is 16.7. The fourth-order valence-corrected chi connectivity index (χ4v) is 5.35. The van der Waals surface area contributed by atoms with Gasteiger partial charge < -0.3 is 19.3 Å². The predicted molar refractivity (Wildman–Crippen MR) is 104 cm³/mol. The van der Waals surface area contributed by atoms with Crippen LogP contribution in [0.1, 0.15) is 60.3 Å². The van der Waals surface area contributed by atoms with Gasteiger partial charge in [-0.25, -0.2) is 9.59 Å². The van der Waals surface area contributed by atoms with E-state index in [0.717, 1.165) is 12.8 Å². The molecule has 2 saturated carbocycles. The maximum atomic E-state index is 12.7. The Balaban J connectivity index is 2.20. The minimum atomic E-state index is -1.30. The summed E-state index contributed by atoms with van der Waals surface area (Å²) in [4.78, 5) is 37.5. The number of fused-ring (bicyclic) bond motifs is 2. The van der Waals surface area contributed by atoms with Gasteiger partial charge >= 0.3 is 17.9 Å². The van der Waals surface area contributed by atoms with Crippen LogP contribution in [0.25, 0.3) is 0 Å². The van der Waals surface area contributed by atoms with Crippen molar-refractivity contribution in [3.63, 3.8) is 0 Å². The van der Waals surface area contributed by atoms with Gasteiger partial charge in [0, 0.05) is 29.6 Å². The Hall–Kier alpha value is -2.15. The summed E-state index contributed by atoms with van der Waals surface area (Å²) in [6.45, 7) is 9.01. The average Bonchev–Trinajstić information content (AvgIpc) is 2.91. The summed E-state index contributed by atoms with van der Waals surface area (Å²) in [6, 6.07) is 0. The van der Waals surface area contributed by atoms with Gasteiger partial charge in [0.05, 0.1) is 11.5 Å². The van der Waals surface area contributed by atoms with E-state index < -0.39 is 41.1 Å². The number of ether oxygens (including phenoxy) is 3. The number of hydrogen-bond acceptors (Lipinski definition) is 6. The second kappa shape index (κ2) is 7.59. The molecule has 1 N–H and O–H groups in total. The van der Waals surface area contributed by atoms with Gasteiger partial charge in [-0.15, -0.1) is 0 Å². The highest BCUT2D eigenvalue weighted by Crippen LogP contribution is 2.61. The Labute approximate surface area is 171 Å². The first-order valence-corrected chi connectivity index (χ1v) is 10.3. The van der Waals surface area contributed by atoms with Crippen LogP contribution in [0.15, 0.2) is 22.8 Å². The van der Waals surface area contributed by atoms with Gasteiger partial charge in [0.2, 0.25) is 5.79 Å². The van der Waals surface area contributed by atoms with Crippen LogP contribution in [0.2, 0.25) is 0 Å². The smallest absolute Gasteiger partial charge is 0.336 e. The van der Waals surface area contributed by atoms with Crippen molar-refractivity contribution in [2.24, 2.45) is 17.3 Å². The number of carbonyl (C=O) groups excluding carboxylic acids is 2. The highest BCUT2D eigenvalue weighted by molar-refractivity contribution is 5.93. The molecule has 3 aliphatic rings. The van der Waals surface area contributed by atoms with Gasteiger partial charge in [0.1, 0.15) is 6.10 Å². The number of allylic oxidation sites excluding steroid dienone is 1. The summed E-state index contributed by atoms with van der Waals surface area (Å²) >= 11 is 0. The van der Waals surface area contributed by atoms with E-state index in [0.29, 0.717) is 36.2 Å². The maximum Gasteiger partial charge on any atom is 0.336 e. The lowest BCUT2D eigenvalue weighted by Gasteiger charge is -2.56. The minimum Gasteiger partial charge on any atom is -0.481 e. The third-order valence-corrected chi connectivity index (χ3v) is 7.05. The van der Waals surface area contributed by atoms with Gasteiger partial charge in [-0.2, -0.15) is 0 Å². The molecule has 0 aromatic carbocycles. The first-order chi connectivity index (χ1) is 13.6. The lowest BCUT2D eigenvalue weighted by molar-refractivity contribution is -0.245. The molecule has 3 rings (SSSR count). The summed E-state index contributed by atoms with van der Waals surface area (Å²) in [6.07, 6.45) is 3.12. The number of rotatable bonds is 5. The first-order valence-electron chi connectivity index (χ1n) is 10.3. The van der Waals surface area contributed by atoms with E-state index in [9.17, 15) is 19.5 Å². The first kappa shape index (κ1) is 21.6. The van der Waals surface area contributed by atoms with Crippen LogP contribution in [0.3, 0.4) is 0 Å². The van der Waals surface area contributed by atoms with Crippen molar-refractivity contribution in [2.75, 3.05) is 6.61 Å². The Bertz CT molecular complexity index is 795. The normalized spacial score (nSPS) is 36.9. The maximum absolute atomic E-state index is 12.7. The Morgan fingerprint density at radius 3 is 2.62 bits per heavy atom. The van der Waals surface area contributed by atoms with Crippen molar-refractivity contribution in [1.29, 1.82) is 0 Å². The summed E-state index contributed by atoms with van der Waals surface area (Å²) in [5.74, 6) is -4.07. The molecule has 0 aromatic heterocycles. The van der Waals surface area contributed by atoms with E-state index in [1.54, 1.807) is 26.8 Å². The number of carbonyl (C=O) groups is 3. The number of carboxylic acids is 1. The van der Waals surface area contributed by atoms with Gasteiger partial charge in [0.25, 0.3) is 0 Å². The third kappa shape index (κ3) is 3.19. The average molecular weight is 406 g/mol. The second-order valence-corrected chi connectivity index (χ2v) is 8.46. The molecule has 0 amide bonds. The molecule has 0 aromatic rings. The fraction of sp³-hybridized carbons (Fsp3) is 0.682. The van der Waals surface area contributed by atoms with Crippen molar-refractivity contribution in [2.45, 2.75) is 72.2 Å². The Morgan fingerprint density at radius 2 is 2.03 bits per heavy atom. The standard InChI is InChI=1S/C22H30O7/c1-6-12(3)19(25)28-17-16-13(4)20(26)29-22(16,27-7-2)11-14-9-8-10-15(18(23)24)21(14,17)5/h6,14-15,17H,7-11H2,1-5H3,(H,23,24). The van der Waals surface area contributed by atoms with E-state index in [4.69, 9.17) is 14.2 Å². The van der Waals surface area contributed by atoms with E-state index in [-0.39, 0.29) is 5.92 Å². The molecule has 7 nitrogen and oxygen atoms in total. The number of aliphatic carboxylic acids is 1. The molecule has 7 heteroatoms. The molecule has 0 saturated heterocycles. The Morgan fingerprint density at radius 1 is 1.34 bits per heavy atom. The van der Waals surface area contributed by atoms with Crippen LogP contribution in [0.4, 0.5) is 0 Å². The van der Waals surface area contributed by atoms with Gasteiger partial charge in [-0.1, -0.05) is 19.4 Å². The molecule has 2 aliphatic carbocycles. The third-order valence-electron chi connectivity index (χ3n) is 7.05.